The van der Waals surface area contributed by atoms with Gasteiger partial charge in [0.2, 0.25) is 0 Å². The van der Waals surface area contributed by atoms with E-state index in [1.807, 2.05) is 19.1 Å². The molecule has 3 rings (SSSR count). The number of thioether (sulfide) groups is 1. The first kappa shape index (κ1) is 17.8. The number of ether oxygens (including phenoxy) is 1. The highest BCUT2D eigenvalue weighted by Gasteiger charge is 2.15. The van der Waals surface area contributed by atoms with Crippen LogP contribution in [0.4, 0.5) is 0 Å². The molecule has 0 spiro atoms. The molecule has 0 saturated carbocycles. The molecule has 0 saturated heterocycles. The van der Waals surface area contributed by atoms with Crippen molar-refractivity contribution in [1.29, 1.82) is 0 Å². The highest BCUT2D eigenvalue weighted by molar-refractivity contribution is 8.13. The molecule has 0 N–H and O–H groups in total. The quantitative estimate of drug-likeness (QED) is 0.573. The second kappa shape index (κ2) is 8.40. The summed E-state index contributed by atoms with van der Waals surface area (Å²) in [5, 5.41) is 0.173. The van der Waals surface area contributed by atoms with Crippen LogP contribution in [0.2, 0.25) is 0 Å². The Balaban J connectivity index is 1.91. The van der Waals surface area contributed by atoms with Gasteiger partial charge in [0, 0.05) is 32.0 Å². The normalized spacial score (nSPS) is 11.4. The molecule has 3 heterocycles. The zero-order valence-corrected chi connectivity index (χ0v) is 15.4. The zero-order chi connectivity index (χ0) is 17.6. The Morgan fingerprint density at radius 2 is 2.16 bits per heavy atom. The Kier molecular flexibility index (Phi) is 5.99. The minimum absolute atomic E-state index is 0.173. The summed E-state index contributed by atoms with van der Waals surface area (Å²) in [5.74, 6) is 1.75. The van der Waals surface area contributed by atoms with Crippen molar-refractivity contribution in [2.24, 2.45) is 0 Å². The van der Waals surface area contributed by atoms with Crippen LogP contribution in [0.3, 0.4) is 0 Å². The van der Waals surface area contributed by atoms with E-state index >= 15 is 0 Å². The van der Waals surface area contributed by atoms with Gasteiger partial charge < -0.3 is 9.30 Å². The van der Waals surface area contributed by atoms with Gasteiger partial charge in [-0.05, 0) is 31.9 Å². The predicted molar refractivity (Wildman–Crippen MR) is 101 cm³/mol. The highest BCUT2D eigenvalue weighted by Crippen LogP contribution is 2.24. The summed E-state index contributed by atoms with van der Waals surface area (Å²) >= 11 is 1.38. The molecule has 7 heteroatoms. The second-order valence-corrected chi connectivity index (χ2v) is 7.00. The van der Waals surface area contributed by atoms with Gasteiger partial charge in [-0.2, -0.15) is 0 Å². The number of fused-ring (bicyclic) bond motifs is 3. The van der Waals surface area contributed by atoms with Gasteiger partial charge in [-0.25, -0.2) is 4.98 Å². The van der Waals surface area contributed by atoms with Crippen LogP contribution >= 0.6 is 11.8 Å². The summed E-state index contributed by atoms with van der Waals surface area (Å²) in [6.45, 7) is 5.54. The fraction of sp³-hybridized carbons (Fsp3) is 0.444. The van der Waals surface area contributed by atoms with Crippen LogP contribution in [0.1, 0.15) is 32.5 Å². The third kappa shape index (κ3) is 4.16. The van der Waals surface area contributed by atoms with E-state index in [4.69, 9.17) is 9.72 Å². The Labute approximate surface area is 151 Å². The van der Waals surface area contributed by atoms with Gasteiger partial charge in [0.15, 0.2) is 5.12 Å². The number of hydrogen-bond donors (Lipinski definition) is 0. The predicted octanol–water partition coefficient (Wildman–Crippen LogP) is 3.58. The molecular formula is C18H22N4O2S. The summed E-state index contributed by atoms with van der Waals surface area (Å²) in [5.41, 5.74) is 3.60. The van der Waals surface area contributed by atoms with Crippen molar-refractivity contribution in [2.45, 2.75) is 39.8 Å². The number of carbonyl (C=O) groups excluding carboxylic acids is 1. The fourth-order valence-electron chi connectivity index (χ4n) is 2.81. The lowest BCUT2D eigenvalue weighted by Gasteiger charge is -2.10. The van der Waals surface area contributed by atoms with Crippen molar-refractivity contribution in [3.05, 3.63) is 30.4 Å². The van der Waals surface area contributed by atoms with E-state index in [-0.39, 0.29) is 5.12 Å². The van der Waals surface area contributed by atoms with Gasteiger partial charge in [0.05, 0.1) is 17.2 Å². The molecule has 0 aliphatic carbocycles. The highest BCUT2D eigenvalue weighted by atomic mass is 32.2. The van der Waals surface area contributed by atoms with Crippen LogP contribution in [-0.2, 0) is 22.7 Å². The van der Waals surface area contributed by atoms with Gasteiger partial charge in [-0.3, -0.25) is 14.8 Å². The average Bonchev–Trinajstić information content (AvgIpc) is 2.97. The second-order valence-electron chi connectivity index (χ2n) is 5.73. The third-order valence-corrected chi connectivity index (χ3v) is 4.83. The fourth-order valence-corrected chi connectivity index (χ4v) is 3.44. The maximum Gasteiger partial charge on any atom is 0.185 e. The van der Waals surface area contributed by atoms with Crippen LogP contribution in [0.5, 0.6) is 0 Å². The molecule has 3 aromatic rings. The van der Waals surface area contributed by atoms with E-state index in [0.29, 0.717) is 13.2 Å². The Morgan fingerprint density at radius 1 is 1.28 bits per heavy atom. The maximum absolute atomic E-state index is 11.0. The van der Waals surface area contributed by atoms with Crippen molar-refractivity contribution >= 4 is 38.9 Å². The number of unbranched alkanes of at least 4 members (excludes halogenated alkanes) is 1. The van der Waals surface area contributed by atoms with E-state index < -0.39 is 0 Å². The first-order chi connectivity index (χ1) is 12.2. The Morgan fingerprint density at radius 3 is 2.96 bits per heavy atom. The molecule has 0 unspecified atom stereocenters. The van der Waals surface area contributed by atoms with E-state index in [1.165, 1.54) is 11.8 Å². The summed E-state index contributed by atoms with van der Waals surface area (Å²) in [7, 11) is 0. The summed E-state index contributed by atoms with van der Waals surface area (Å²) in [4.78, 5) is 24.7. The Bertz CT molecular complexity index is 878. The molecule has 0 amide bonds. The molecule has 132 valence electrons. The molecular weight excluding hydrogens is 336 g/mol. The molecule has 6 nitrogen and oxygen atoms in total. The molecule has 0 aliphatic rings. The number of pyridine rings is 2. The number of aryl methyl sites for hydroxylation is 1. The third-order valence-electron chi connectivity index (χ3n) is 3.93. The molecule has 0 radical (unpaired) electrons. The van der Waals surface area contributed by atoms with Gasteiger partial charge in [-0.1, -0.05) is 11.8 Å². The van der Waals surface area contributed by atoms with Crippen LogP contribution in [-0.4, -0.2) is 37.0 Å². The van der Waals surface area contributed by atoms with Crippen LogP contribution in [0.15, 0.2) is 24.5 Å². The van der Waals surface area contributed by atoms with E-state index in [2.05, 4.69) is 14.5 Å². The maximum atomic E-state index is 11.0. The largest absolute Gasteiger partial charge is 0.374 e. The molecule has 0 bridgehead atoms. The molecule has 0 aromatic carbocycles. The van der Waals surface area contributed by atoms with Crippen LogP contribution < -0.4 is 0 Å². The van der Waals surface area contributed by atoms with Crippen molar-refractivity contribution in [2.75, 3.05) is 12.4 Å². The summed E-state index contributed by atoms with van der Waals surface area (Å²) in [6.07, 6.45) is 5.54. The Hall–Kier alpha value is -1.99. The van der Waals surface area contributed by atoms with Crippen molar-refractivity contribution in [1.82, 2.24) is 19.5 Å². The number of aromatic nitrogens is 4. The summed E-state index contributed by atoms with van der Waals surface area (Å²) in [6, 6.07) is 3.85. The minimum Gasteiger partial charge on any atom is -0.374 e. The molecule has 0 aliphatic heterocycles. The van der Waals surface area contributed by atoms with Gasteiger partial charge >= 0.3 is 0 Å². The van der Waals surface area contributed by atoms with Crippen molar-refractivity contribution in [3.63, 3.8) is 0 Å². The molecule has 3 aromatic heterocycles. The molecule has 0 fully saturated rings. The SMILES string of the molecule is CCOCc1nc2cnc3cccnc3c2n1CCCCSC(C)=O. The first-order valence-electron chi connectivity index (χ1n) is 8.50. The number of imidazole rings is 1. The van der Waals surface area contributed by atoms with Crippen molar-refractivity contribution in [3.8, 4) is 0 Å². The first-order valence-corrected chi connectivity index (χ1v) is 9.49. The van der Waals surface area contributed by atoms with Gasteiger partial charge in [-0.15, -0.1) is 0 Å². The topological polar surface area (TPSA) is 69.9 Å². The van der Waals surface area contributed by atoms with E-state index in [1.54, 1.807) is 19.3 Å². The van der Waals surface area contributed by atoms with Crippen LogP contribution in [0.25, 0.3) is 22.1 Å². The van der Waals surface area contributed by atoms with E-state index in [9.17, 15) is 4.79 Å². The smallest absolute Gasteiger partial charge is 0.185 e. The van der Waals surface area contributed by atoms with Crippen LogP contribution in [0, 0.1) is 0 Å². The lowest BCUT2D eigenvalue weighted by atomic mass is 10.2. The number of carbonyl (C=O) groups is 1. The number of nitrogens with zero attached hydrogens (tertiary/aromatic N) is 4. The molecule has 0 atom stereocenters. The average molecular weight is 358 g/mol. The monoisotopic (exact) mass is 358 g/mol. The number of hydrogen-bond acceptors (Lipinski definition) is 6. The van der Waals surface area contributed by atoms with E-state index in [0.717, 1.165) is 53.0 Å². The number of rotatable bonds is 8. The summed E-state index contributed by atoms with van der Waals surface area (Å²) < 4.78 is 7.78. The van der Waals surface area contributed by atoms with Gasteiger partial charge in [0.25, 0.3) is 0 Å². The zero-order valence-electron chi connectivity index (χ0n) is 14.6. The van der Waals surface area contributed by atoms with Gasteiger partial charge in [0.1, 0.15) is 23.5 Å². The lowest BCUT2D eigenvalue weighted by molar-refractivity contribution is -0.109. The minimum atomic E-state index is 0.173. The van der Waals surface area contributed by atoms with Crippen molar-refractivity contribution < 1.29 is 9.53 Å². The molecule has 25 heavy (non-hydrogen) atoms. The standard InChI is InChI=1S/C18H22N4O2S/c1-3-24-12-16-21-15-11-20-14-7-6-8-19-17(14)18(15)22(16)9-4-5-10-25-13(2)23/h6-8,11H,3-5,9-10,12H2,1-2H3. The lowest BCUT2D eigenvalue weighted by Crippen LogP contribution is -2.07.